The summed E-state index contributed by atoms with van der Waals surface area (Å²) in [5, 5.41) is 30.0. The van der Waals surface area contributed by atoms with Gasteiger partial charge in [-0.2, -0.15) is 0 Å². The van der Waals surface area contributed by atoms with Crippen LogP contribution in [-0.2, 0) is 14.3 Å². The van der Waals surface area contributed by atoms with Gasteiger partial charge in [-0.1, -0.05) is 26.0 Å². The maximum Gasteiger partial charge on any atom is 0.249 e. The molecule has 2 saturated carbocycles. The third-order valence-electron chi connectivity index (χ3n) is 11.2. The molecule has 0 aromatic heterocycles. The Morgan fingerprint density at radius 1 is 1.24 bits per heavy atom. The van der Waals surface area contributed by atoms with E-state index in [0.717, 1.165) is 12.8 Å². The third kappa shape index (κ3) is 2.22. The van der Waals surface area contributed by atoms with E-state index in [2.05, 4.69) is 31.3 Å². The first kappa shape index (κ1) is 21.8. The summed E-state index contributed by atoms with van der Waals surface area (Å²) in [6, 6.07) is -0.846. The summed E-state index contributed by atoms with van der Waals surface area (Å²) in [6.07, 6.45) is 7.91. The van der Waals surface area contributed by atoms with E-state index in [9.17, 15) is 19.9 Å². The van der Waals surface area contributed by atoms with Crippen molar-refractivity contribution in [3.8, 4) is 0 Å². The molecule has 8 aliphatic rings. The molecule has 8 unspecified atom stereocenters. The highest BCUT2D eigenvalue weighted by Crippen LogP contribution is 2.64. The van der Waals surface area contributed by atoms with E-state index >= 15 is 0 Å². The molecule has 8 rings (SSSR count). The van der Waals surface area contributed by atoms with Crippen molar-refractivity contribution >= 4 is 11.8 Å². The molecule has 186 valence electrons. The molecule has 5 saturated heterocycles. The molecular formula is C26H37N3O5. The van der Waals surface area contributed by atoms with E-state index in [-0.39, 0.29) is 58.8 Å². The molecule has 0 aromatic carbocycles. The monoisotopic (exact) mass is 471 g/mol. The Morgan fingerprint density at radius 3 is 2.76 bits per heavy atom. The standard InChI is InChI=1S/C26H37N3O5/c1-22(2)10-8-14-16(34-22)7-6-15-18(14)29(33)19-23(3,4)17-12-24-9-5-11-28(24)21(31)25(17,27-20(24)30)13-26(15,19)32/h8,10,14-19,29,32H,5-7,9,11-13H2,1-4H3,(H,27,30)/t14?,15?,16?,17-,18?,19?,24?,25?,26+/m1/s1. The molecule has 0 radical (unpaired) electrons. The second kappa shape index (κ2) is 6.07. The van der Waals surface area contributed by atoms with Crippen molar-refractivity contribution in [2.24, 2.45) is 23.2 Å². The van der Waals surface area contributed by atoms with Crippen LogP contribution in [0.5, 0.6) is 0 Å². The number of hydrogen-bond donors (Lipinski definition) is 3. The average molecular weight is 472 g/mol. The van der Waals surface area contributed by atoms with Crippen molar-refractivity contribution in [1.29, 1.82) is 0 Å². The summed E-state index contributed by atoms with van der Waals surface area (Å²) >= 11 is 0. The molecule has 2 amide bonds. The minimum Gasteiger partial charge on any atom is -0.634 e. The zero-order valence-corrected chi connectivity index (χ0v) is 20.6. The van der Waals surface area contributed by atoms with Gasteiger partial charge in [-0.05, 0) is 46.0 Å². The fraction of sp³-hybridized carbons (Fsp3) is 0.846. The Labute approximate surface area is 200 Å². The van der Waals surface area contributed by atoms with Crippen LogP contribution in [0.15, 0.2) is 12.2 Å². The second-order valence-corrected chi connectivity index (χ2v) is 13.5. The Bertz CT molecular complexity index is 1030. The van der Waals surface area contributed by atoms with Crippen LogP contribution in [0.3, 0.4) is 0 Å². The second-order valence-electron chi connectivity index (χ2n) is 13.5. The van der Waals surface area contributed by atoms with Gasteiger partial charge < -0.3 is 30.3 Å². The summed E-state index contributed by atoms with van der Waals surface area (Å²) in [5.41, 5.74) is -4.17. The van der Waals surface area contributed by atoms with Gasteiger partial charge >= 0.3 is 0 Å². The number of aliphatic hydroxyl groups is 1. The normalized spacial score (nSPS) is 55.7. The number of hydrogen-bond acceptors (Lipinski definition) is 5. The van der Waals surface area contributed by atoms with Crippen LogP contribution >= 0.6 is 0 Å². The molecule has 0 aromatic rings. The fourth-order valence-electron chi connectivity index (χ4n) is 10.1. The highest BCUT2D eigenvalue weighted by atomic mass is 16.5. The van der Waals surface area contributed by atoms with Gasteiger partial charge in [0, 0.05) is 30.2 Å². The zero-order chi connectivity index (χ0) is 24.1. The Morgan fingerprint density at radius 2 is 2.00 bits per heavy atom. The summed E-state index contributed by atoms with van der Waals surface area (Å²) in [5.74, 6) is -0.538. The van der Waals surface area contributed by atoms with Crippen LogP contribution in [0.2, 0.25) is 0 Å². The smallest absolute Gasteiger partial charge is 0.249 e. The summed E-state index contributed by atoms with van der Waals surface area (Å²) in [6.45, 7) is 8.81. The topological polar surface area (TPSA) is 106 Å². The van der Waals surface area contributed by atoms with Crippen molar-refractivity contribution in [2.75, 3.05) is 6.54 Å². The summed E-state index contributed by atoms with van der Waals surface area (Å²) < 4.78 is 6.36. The average Bonchev–Trinajstić information content (AvgIpc) is 3.27. The molecule has 6 aliphatic heterocycles. The molecule has 2 bridgehead atoms. The Kier molecular flexibility index (Phi) is 3.89. The number of carbonyl (C=O) groups is 2. The number of amides is 2. The lowest BCUT2D eigenvalue weighted by atomic mass is 9.45. The van der Waals surface area contributed by atoms with Gasteiger partial charge in [0.05, 0.1) is 17.6 Å². The molecule has 7 fully saturated rings. The number of piperazine rings is 1. The predicted octanol–water partition coefficient (Wildman–Crippen LogP) is 0.290. The molecule has 2 spiro atoms. The number of quaternary nitrogens is 1. The number of carbonyl (C=O) groups excluding carboxylic acids is 2. The minimum atomic E-state index is -1.31. The zero-order valence-electron chi connectivity index (χ0n) is 20.6. The molecule has 2 aliphatic carbocycles. The molecule has 8 heteroatoms. The predicted molar refractivity (Wildman–Crippen MR) is 122 cm³/mol. The number of fused-ring (bicyclic) bond motifs is 6. The fourth-order valence-corrected chi connectivity index (χ4v) is 10.1. The van der Waals surface area contributed by atoms with Gasteiger partial charge in [-0.25, -0.2) is 0 Å². The van der Waals surface area contributed by atoms with Gasteiger partial charge in [-0.3, -0.25) is 9.59 Å². The van der Waals surface area contributed by atoms with Gasteiger partial charge in [0.2, 0.25) is 11.8 Å². The van der Waals surface area contributed by atoms with Crippen molar-refractivity contribution in [3.05, 3.63) is 17.4 Å². The Hall–Kier alpha value is -1.48. The molecule has 10 atom stereocenters. The van der Waals surface area contributed by atoms with Crippen LogP contribution in [0.1, 0.15) is 66.2 Å². The number of hydroxylamine groups is 2. The van der Waals surface area contributed by atoms with E-state index in [1.807, 2.05) is 18.7 Å². The lowest BCUT2D eigenvalue weighted by Gasteiger charge is -2.67. The number of piperidine rings is 2. The lowest BCUT2D eigenvalue weighted by Crippen LogP contribution is -3.17. The highest BCUT2D eigenvalue weighted by Gasteiger charge is 2.81. The van der Waals surface area contributed by atoms with Gasteiger partial charge in [0.15, 0.2) is 0 Å². The summed E-state index contributed by atoms with van der Waals surface area (Å²) in [4.78, 5) is 29.2. The SMILES string of the molecule is CC1(C)C=CC2C(CCC3C2[NH+]([O-])C2C(C)(C)[C@H]4CC56CCCN5C(=O)C4(C[C@]32O)NC6=O)O1. The first-order chi connectivity index (χ1) is 15.9. The van der Waals surface area contributed by atoms with Crippen LogP contribution in [-0.4, -0.2) is 68.8 Å². The summed E-state index contributed by atoms with van der Waals surface area (Å²) in [7, 11) is 0. The number of rotatable bonds is 0. The minimum absolute atomic E-state index is 0.0286. The molecule has 6 heterocycles. The van der Waals surface area contributed by atoms with Crippen molar-refractivity contribution in [3.63, 3.8) is 0 Å². The molecule has 3 N–H and O–H groups in total. The first-order valence-electron chi connectivity index (χ1n) is 13.2. The van der Waals surface area contributed by atoms with E-state index in [1.54, 1.807) is 0 Å². The number of ether oxygens (including phenoxy) is 1. The largest absolute Gasteiger partial charge is 0.634 e. The molecule has 8 nitrogen and oxygen atoms in total. The van der Waals surface area contributed by atoms with Crippen LogP contribution in [0.25, 0.3) is 0 Å². The van der Waals surface area contributed by atoms with E-state index in [4.69, 9.17) is 4.74 Å². The van der Waals surface area contributed by atoms with Gasteiger partial charge in [0.1, 0.15) is 28.8 Å². The van der Waals surface area contributed by atoms with Crippen LogP contribution in [0.4, 0.5) is 0 Å². The van der Waals surface area contributed by atoms with E-state index in [0.29, 0.717) is 25.8 Å². The lowest BCUT2D eigenvalue weighted by molar-refractivity contribution is -0.905. The quantitative estimate of drug-likeness (QED) is 0.348. The van der Waals surface area contributed by atoms with Crippen molar-refractivity contribution < 1.29 is 24.5 Å². The van der Waals surface area contributed by atoms with Gasteiger partial charge in [-0.15, -0.1) is 0 Å². The van der Waals surface area contributed by atoms with Gasteiger partial charge in [0.25, 0.3) is 0 Å². The highest BCUT2D eigenvalue weighted by molar-refractivity contribution is 6.05. The third-order valence-corrected chi connectivity index (χ3v) is 11.2. The van der Waals surface area contributed by atoms with Crippen LogP contribution in [0, 0.1) is 28.4 Å². The Balaban J connectivity index is 1.35. The van der Waals surface area contributed by atoms with Crippen molar-refractivity contribution in [2.45, 2.75) is 107 Å². The maximum atomic E-state index is 14.2. The van der Waals surface area contributed by atoms with E-state index in [1.165, 1.54) is 0 Å². The van der Waals surface area contributed by atoms with Crippen LogP contribution < -0.4 is 10.4 Å². The van der Waals surface area contributed by atoms with Crippen molar-refractivity contribution in [1.82, 2.24) is 10.2 Å². The first-order valence-corrected chi connectivity index (χ1v) is 13.2. The number of nitrogens with zero attached hydrogens (tertiary/aromatic N) is 1. The maximum absolute atomic E-state index is 14.2. The number of nitrogens with one attached hydrogen (secondary N) is 2. The van der Waals surface area contributed by atoms with E-state index < -0.39 is 28.1 Å². The molecular weight excluding hydrogens is 434 g/mol. The molecule has 34 heavy (non-hydrogen) atoms.